The number of anilines is 1. The van der Waals surface area contributed by atoms with Crippen LogP contribution in [0.4, 0.5) is 5.69 Å². The Morgan fingerprint density at radius 3 is 2.90 bits per heavy atom. The number of nitrogens with zero attached hydrogens (tertiary/aromatic N) is 2. The molecular formula is C15H19N3OS. The van der Waals surface area contributed by atoms with Crippen molar-refractivity contribution >= 4 is 22.9 Å². The molecule has 2 rings (SSSR count). The lowest BCUT2D eigenvalue weighted by Crippen LogP contribution is -2.23. The van der Waals surface area contributed by atoms with Crippen molar-refractivity contribution in [3.05, 3.63) is 46.4 Å². The minimum Gasteiger partial charge on any atom is -0.382 e. The third kappa shape index (κ3) is 3.81. The van der Waals surface area contributed by atoms with E-state index in [1.54, 1.807) is 37.7 Å². The summed E-state index contributed by atoms with van der Waals surface area (Å²) in [5, 5.41) is 5.50. The van der Waals surface area contributed by atoms with E-state index >= 15 is 0 Å². The third-order valence-electron chi connectivity index (χ3n) is 2.89. The van der Waals surface area contributed by atoms with Crippen LogP contribution in [0.5, 0.6) is 0 Å². The Labute approximate surface area is 123 Å². The number of rotatable bonds is 5. The minimum atomic E-state index is -0.0837. The molecule has 5 heteroatoms. The van der Waals surface area contributed by atoms with E-state index in [1.807, 2.05) is 6.07 Å². The van der Waals surface area contributed by atoms with Crippen LogP contribution >= 0.6 is 11.3 Å². The maximum atomic E-state index is 11.9. The molecule has 1 atom stereocenters. The van der Waals surface area contributed by atoms with Crippen LogP contribution in [0.2, 0.25) is 0 Å². The van der Waals surface area contributed by atoms with Gasteiger partial charge in [-0.3, -0.25) is 9.78 Å². The van der Waals surface area contributed by atoms with E-state index in [-0.39, 0.29) is 5.91 Å². The highest BCUT2D eigenvalue weighted by Gasteiger charge is 2.11. The number of nitrogens with one attached hydrogen (secondary N) is 1. The van der Waals surface area contributed by atoms with Crippen LogP contribution in [0.1, 0.15) is 22.3 Å². The summed E-state index contributed by atoms with van der Waals surface area (Å²) in [6.45, 7) is 2.13. The van der Waals surface area contributed by atoms with Crippen LogP contribution in [-0.4, -0.2) is 35.9 Å². The maximum Gasteiger partial charge on any atom is 0.272 e. The number of carbonyl (C=O) groups is 1. The number of thiophene rings is 1. The van der Waals surface area contributed by atoms with Crippen molar-refractivity contribution in [3.8, 4) is 0 Å². The van der Waals surface area contributed by atoms with Crippen LogP contribution in [0.25, 0.3) is 0 Å². The molecular weight excluding hydrogens is 270 g/mol. The zero-order chi connectivity index (χ0) is 14.5. The van der Waals surface area contributed by atoms with Gasteiger partial charge in [0.2, 0.25) is 0 Å². The normalized spacial score (nSPS) is 11.9. The highest BCUT2D eigenvalue weighted by atomic mass is 32.1. The van der Waals surface area contributed by atoms with Crippen molar-refractivity contribution in [1.82, 2.24) is 9.88 Å². The summed E-state index contributed by atoms with van der Waals surface area (Å²) in [5.74, 6) is -0.0837. The number of aromatic nitrogens is 1. The van der Waals surface area contributed by atoms with Crippen LogP contribution < -0.4 is 5.32 Å². The molecule has 2 aromatic rings. The lowest BCUT2D eigenvalue weighted by Gasteiger charge is -2.15. The fourth-order valence-electron chi connectivity index (χ4n) is 1.93. The van der Waals surface area contributed by atoms with Gasteiger partial charge in [0.1, 0.15) is 5.69 Å². The number of pyridine rings is 1. The summed E-state index contributed by atoms with van der Waals surface area (Å²) in [6, 6.07) is 8.19. The van der Waals surface area contributed by atoms with Crippen molar-refractivity contribution in [2.24, 2.45) is 0 Å². The van der Waals surface area contributed by atoms with E-state index in [1.165, 1.54) is 9.78 Å². The highest BCUT2D eigenvalue weighted by Crippen LogP contribution is 2.15. The van der Waals surface area contributed by atoms with Gasteiger partial charge in [-0.2, -0.15) is 0 Å². The average molecular weight is 289 g/mol. The fourth-order valence-corrected chi connectivity index (χ4v) is 2.77. The zero-order valence-corrected chi connectivity index (χ0v) is 12.8. The molecule has 0 bridgehead atoms. The van der Waals surface area contributed by atoms with E-state index in [9.17, 15) is 4.79 Å². The van der Waals surface area contributed by atoms with Gasteiger partial charge in [0.25, 0.3) is 5.91 Å². The Balaban J connectivity index is 2.02. The molecule has 1 amide bonds. The van der Waals surface area contributed by atoms with Crippen LogP contribution in [-0.2, 0) is 6.42 Å². The molecule has 0 fully saturated rings. The summed E-state index contributed by atoms with van der Waals surface area (Å²) in [5.41, 5.74) is 1.39. The summed E-state index contributed by atoms with van der Waals surface area (Å²) in [4.78, 5) is 18.9. The fraction of sp³-hybridized carbons (Fsp3) is 0.333. The Morgan fingerprint density at radius 1 is 1.45 bits per heavy atom. The molecule has 0 saturated heterocycles. The van der Waals surface area contributed by atoms with Gasteiger partial charge in [0.05, 0.1) is 0 Å². The lowest BCUT2D eigenvalue weighted by molar-refractivity contribution is 0.0822. The summed E-state index contributed by atoms with van der Waals surface area (Å²) in [6.07, 6.45) is 2.63. The smallest absolute Gasteiger partial charge is 0.272 e. The highest BCUT2D eigenvalue weighted by molar-refractivity contribution is 7.09. The lowest BCUT2D eigenvalue weighted by atomic mass is 10.2. The molecule has 106 valence electrons. The standard InChI is InChI=1S/C15H19N3OS/c1-11(9-13-5-4-8-20-13)17-12-6-7-16-14(10-12)15(19)18(2)3/h4-8,10-11H,9H2,1-3H3,(H,16,17). The summed E-state index contributed by atoms with van der Waals surface area (Å²) >= 11 is 1.76. The van der Waals surface area contributed by atoms with Gasteiger partial charge in [0, 0.05) is 43.3 Å². The Kier molecular flexibility index (Phi) is 4.74. The van der Waals surface area contributed by atoms with Crippen molar-refractivity contribution in [2.45, 2.75) is 19.4 Å². The number of hydrogen-bond acceptors (Lipinski definition) is 4. The van der Waals surface area contributed by atoms with E-state index < -0.39 is 0 Å². The molecule has 0 aromatic carbocycles. The predicted molar refractivity (Wildman–Crippen MR) is 83.4 cm³/mol. The van der Waals surface area contributed by atoms with Gasteiger partial charge in [0.15, 0.2) is 0 Å². The number of carbonyl (C=O) groups excluding carboxylic acids is 1. The second kappa shape index (κ2) is 6.52. The van der Waals surface area contributed by atoms with Gasteiger partial charge in [-0.1, -0.05) is 6.07 Å². The largest absolute Gasteiger partial charge is 0.382 e. The molecule has 0 aliphatic carbocycles. The van der Waals surface area contributed by atoms with Gasteiger partial charge >= 0.3 is 0 Å². The molecule has 0 aliphatic rings. The predicted octanol–water partition coefficient (Wildman–Crippen LogP) is 2.89. The first-order chi connectivity index (χ1) is 9.56. The van der Waals surface area contributed by atoms with Gasteiger partial charge in [-0.15, -0.1) is 11.3 Å². The first-order valence-electron chi connectivity index (χ1n) is 6.53. The molecule has 4 nitrogen and oxygen atoms in total. The molecule has 2 heterocycles. The minimum absolute atomic E-state index is 0.0837. The first-order valence-corrected chi connectivity index (χ1v) is 7.41. The second-order valence-electron chi connectivity index (χ2n) is 4.96. The topological polar surface area (TPSA) is 45.2 Å². The number of hydrogen-bond donors (Lipinski definition) is 1. The van der Waals surface area contributed by atoms with Crippen molar-refractivity contribution in [2.75, 3.05) is 19.4 Å². The second-order valence-corrected chi connectivity index (χ2v) is 5.99. The SMILES string of the molecule is CC(Cc1cccs1)Nc1ccnc(C(=O)N(C)C)c1. The zero-order valence-electron chi connectivity index (χ0n) is 12.0. The van der Waals surface area contributed by atoms with E-state index in [4.69, 9.17) is 0 Å². The van der Waals surface area contributed by atoms with Crippen LogP contribution in [0, 0.1) is 0 Å². The molecule has 0 spiro atoms. The van der Waals surface area contributed by atoms with Crippen molar-refractivity contribution in [1.29, 1.82) is 0 Å². The quantitative estimate of drug-likeness (QED) is 0.920. The first kappa shape index (κ1) is 14.5. The Morgan fingerprint density at radius 2 is 2.25 bits per heavy atom. The monoisotopic (exact) mass is 289 g/mol. The molecule has 1 N–H and O–H groups in total. The average Bonchev–Trinajstić information content (AvgIpc) is 2.90. The molecule has 0 radical (unpaired) electrons. The summed E-state index contributed by atoms with van der Waals surface area (Å²) < 4.78 is 0. The number of amides is 1. The van der Waals surface area contributed by atoms with Gasteiger partial charge < -0.3 is 10.2 Å². The van der Waals surface area contributed by atoms with E-state index in [0.717, 1.165) is 12.1 Å². The molecule has 2 aromatic heterocycles. The van der Waals surface area contributed by atoms with E-state index in [0.29, 0.717) is 11.7 Å². The Hall–Kier alpha value is -1.88. The van der Waals surface area contributed by atoms with Crippen LogP contribution in [0.3, 0.4) is 0 Å². The maximum absolute atomic E-state index is 11.9. The van der Waals surface area contributed by atoms with Crippen molar-refractivity contribution < 1.29 is 4.79 Å². The molecule has 1 unspecified atom stereocenters. The molecule has 20 heavy (non-hydrogen) atoms. The third-order valence-corrected chi connectivity index (χ3v) is 3.78. The Bertz CT molecular complexity index is 566. The van der Waals surface area contributed by atoms with Gasteiger partial charge in [-0.25, -0.2) is 0 Å². The summed E-state index contributed by atoms with van der Waals surface area (Å²) in [7, 11) is 3.45. The molecule has 0 aliphatic heterocycles. The van der Waals surface area contributed by atoms with E-state index in [2.05, 4.69) is 34.7 Å². The van der Waals surface area contributed by atoms with Crippen LogP contribution in [0.15, 0.2) is 35.8 Å². The van der Waals surface area contributed by atoms with Gasteiger partial charge in [-0.05, 0) is 30.5 Å². The van der Waals surface area contributed by atoms with Crippen molar-refractivity contribution in [3.63, 3.8) is 0 Å². The molecule has 0 saturated carbocycles.